The lowest BCUT2D eigenvalue weighted by atomic mass is 9.76. The first kappa shape index (κ1) is 24.2. The fourth-order valence-electron chi connectivity index (χ4n) is 4.99. The molecule has 3 heterocycles. The summed E-state index contributed by atoms with van der Waals surface area (Å²) in [6, 6.07) is 9.47. The van der Waals surface area contributed by atoms with Crippen LogP contribution in [-0.4, -0.2) is 38.0 Å². The SMILES string of the molecule is COc1ccccc1-c1nc(C2(O)CC(C)(C)OC(C)(C)C2)cn1-c1ccc(C(F)(F)F)nc1. The zero-order valence-corrected chi connectivity index (χ0v) is 19.8. The van der Waals surface area contributed by atoms with E-state index in [1.54, 1.807) is 22.9 Å². The van der Waals surface area contributed by atoms with Crippen LogP contribution in [-0.2, 0) is 16.5 Å². The molecule has 0 spiro atoms. The van der Waals surface area contributed by atoms with Crippen LogP contribution in [0.25, 0.3) is 17.1 Å². The molecule has 1 aliphatic rings. The third-order valence-corrected chi connectivity index (χ3v) is 5.84. The number of aliphatic hydroxyl groups is 1. The van der Waals surface area contributed by atoms with Crippen molar-refractivity contribution in [2.75, 3.05) is 7.11 Å². The number of benzene rings is 1. The van der Waals surface area contributed by atoms with Crippen LogP contribution in [0.15, 0.2) is 48.8 Å². The van der Waals surface area contributed by atoms with Gasteiger partial charge in [-0.25, -0.2) is 9.97 Å². The number of halogens is 3. The number of ether oxygens (including phenoxy) is 2. The third-order valence-electron chi connectivity index (χ3n) is 5.84. The van der Waals surface area contributed by atoms with E-state index in [1.807, 2.05) is 39.8 Å². The van der Waals surface area contributed by atoms with Crippen molar-refractivity contribution >= 4 is 0 Å². The van der Waals surface area contributed by atoms with E-state index in [-0.39, 0.29) is 0 Å². The molecule has 0 bridgehead atoms. The number of imidazole rings is 1. The maximum absolute atomic E-state index is 13.1. The van der Waals surface area contributed by atoms with Gasteiger partial charge in [-0.05, 0) is 52.0 Å². The van der Waals surface area contributed by atoms with Crippen molar-refractivity contribution in [2.24, 2.45) is 0 Å². The van der Waals surface area contributed by atoms with Crippen molar-refractivity contribution in [2.45, 2.75) is 63.5 Å². The molecule has 0 atom stereocenters. The van der Waals surface area contributed by atoms with Crippen LogP contribution >= 0.6 is 0 Å². The molecule has 0 saturated carbocycles. The van der Waals surface area contributed by atoms with Crippen LogP contribution in [0, 0.1) is 0 Å². The Morgan fingerprint density at radius 1 is 1.03 bits per heavy atom. The monoisotopic (exact) mass is 475 g/mol. The first-order valence-corrected chi connectivity index (χ1v) is 10.9. The molecule has 34 heavy (non-hydrogen) atoms. The van der Waals surface area contributed by atoms with Crippen molar-refractivity contribution in [3.63, 3.8) is 0 Å². The summed E-state index contributed by atoms with van der Waals surface area (Å²) in [6.45, 7) is 7.65. The summed E-state index contributed by atoms with van der Waals surface area (Å²) >= 11 is 0. The summed E-state index contributed by atoms with van der Waals surface area (Å²) < 4.78 is 52.5. The highest BCUT2D eigenvalue weighted by Gasteiger charge is 2.49. The molecule has 0 radical (unpaired) electrons. The van der Waals surface area contributed by atoms with E-state index in [9.17, 15) is 18.3 Å². The Kier molecular flexibility index (Phi) is 5.77. The van der Waals surface area contributed by atoms with Crippen LogP contribution in [0.1, 0.15) is 51.9 Å². The van der Waals surface area contributed by atoms with Gasteiger partial charge in [-0.15, -0.1) is 0 Å². The number of alkyl halides is 3. The van der Waals surface area contributed by atoms with Crippen LogP contribution in [0.3, 0.4) is 0 Å². The summed E-state index contributed by atoms with van der Waals surface area (Å²) in [5.74, 6) is 0.963. The molecule has 0 aliphatic carbocycles. The van der Waals surface area contributed by atoms with Crippen LogP contribution in [0.4, 0.5) is 13.2 Å². The Morgan fingerprint density at radius 2 is 1.68 bits per heavy atom. The Balaban J connectivity index is 1.89. The maximum atomic E-state index is 13.1. The second-order valence-electron chi connectivity index (χ2n) is 9.93. The topological polar surface area (TPSA) is 69.4 Å². The van der Waals surface area contributed by atoms with Crippen molar-refractivity contribution in [3.05, 3.63) is 60.2 Å². The molecule has 3 aromatic rings. The number of rotatable bonds is 4. The highest BCUT2D eigenvalue weighted by molar-refractivity contribution is 5.67. The first-order valence-electron chi connectivity index (χ1n) is 10.9. The second kappa shape index (κ2) is 8.09. The van der Waals surface area contributed by atoms with E-state index in [0.29, 0.717) is 41.4 Å². The van der Waals surface area contributed by atoms with E-state index in [2.05, 4.69) is 4.98 Å². The molecule has 1 aromatic carbocycles. The molecule has 0 amide bonds. The Bertz CT molecular complexity index is 1170. The largest absolute Gasteiger partial charge is 0.496 e. The van der Waals surface area contributed by atoms with Crippen molar-refractivity contribution in [1.29, 1.82) is 0 Å². The zero-order valence-electron chi connectivity index (χ0n) is 19.8. The van der Waals surface area contributed by atoms with Crippen LogP contribution in [0.5, 0.6) is 5.75 Å². The molecular formula is C25H28F3N3O3. The minimum Gasteiger partial charge on any atom is -0.496 e. The van der Waals surface area contributed by atoms with Crippen molar-refractivity contribution in [3.8, 4) is 22.8 Å². The van der Waals surface area contributed by atoms with Gasteiger partial charge in [-0.3, -0.25) is 4.57 Å². The average Bonchev–Trinajstić information content (AvgIpc) is 3.17. The van der Waals surface area contributed by atoms with Gasteiger partial charge in [0.2, 0.25) is 0 Å². The van der Waals surface area contributed by atoms with Gasteiger partial charge in [0.15, 0.2) is 0 Å². The van der Waals surface area contributed by atoms with E-state index in [0.717, 1.165) is 12.3 Å². The third kappa shape index (κ3) is 4.67. The number of hydrogen-bond acceptors (Lipinski definition) is 5. The molecule has 4 rings (SSSR count). The number of nitrogens with zero attached hydrogens (tertiary/aromatic N) is 3. The predicted octanol–water partition coefficient (Wildman–Crippen LogP) is 5.52. The smallest absolute Gasteiger partial charge is 0.433 e. The summed E-state index contributed by atoms with van der Waals surface area (Å²) in [5.41, 5.74) is -2.11. The van der Waals surface area contributed by atoms with Crippen LogP contribution < -0.4 is 4.74 Å². The van der Waals surface area contributed by atoms with E-state index >= 15 is 0 Å². The summed E-state index contributed by atoms with van der Waals surface area (Å²) in [6.07, 6.45) is -1.13. The molecule has 1 saturated heterocycles. The van der Waals surface area contributed by atoms with Gasteiger partial charge in [0.1, 0.15) is 22.9 Å². The van der Waals surface area contributed by atoms with E-state index < -0.39 is 28.7 Å². The number of para-hydroxylation sites is 1. The van der Waals surface area contributed by atoms with E-state index in [1.165, 1.54) is 13.2 Å². The number of pyridine rings is 1. The summed E-state index contributed by atoms with van der Waals surface area (Å²) in [5, 5.41) is 11.8. The van der Waals surface area contributed by atoms with Gasteiger partial charge in [0.25, 0.3) is 0 Å². The fourth-order valence-corrected chi connectivity index (χ4v) is 4.99. The lowest BCUT2D eigenvalue weighted by molar-refractivity contribution is -0.224. The number of hydrogen-bond donors (Lipinski definition) is 1. The molecule has 1 fully saturated rings. The lowest BCUT2D eigenvalue weighted by Crippen LogP contribution is -2.52. The summed E-state index contributed by atoms with van der Waals surface area (Å²) in [4.78, 5) is 8.39. The molecule has 1 aliphatic heterocycles. The van der Waals surface area contributed by atoms with Gasteiger partial charge >= 0.3 is 6.18 Å². The standard InChI is InChI=1S/C25H28F3N3O3/c1-22(2)14-24(32,15-23(3,4)34-22)20-13-31(16-10-11-19(29-12-16)25(26,27)28)21(30-20)17-8-6-7-9-18(17)33-5/h6-13,32H,14-15H2,1-5H3. The molecule has 2 aromatic heterocycles. The Labute approximate surface area is 196 Å². The highest BCUT2D eigenvalue weighted by Crippen LogP contribution is 2.47. The average molecular weight is 476 g/mol. The zero-order chi connectivity index (χ0) is 24.9. The normalized spacial score (nSPS) is 19.1. The molecule has 0 unspecified atom stereocenters. The minimum atomic E-state index is -4.54. The molecule has 182 valence electrons. The lowest BCUT2D eigenvalue weighted by Gasteiger charge is -2.49. The quantitative estimate of drug-likeness (QED) is 0.538. The first-order chi connectivity index (χ1) is 15.7. The van der Waals surface area contributed by atoms with Gasteiger partial charge in [0.05, 0.1) is 41.5 Å². The maximum Gasteiger partial charge on any atom is 0.433 e. The Morgan fingerprint density at radius 3 is 2.24 bits per heavy atom. The van der Waals surface area contributed by atoms with E-state index in [4.69, 9.17) is 14.5 Å². The molecular weight excluding hydrogens is 447 g/mol. The van der Waals surface area contributed by atoms with Crippen LogP contribution in [0.2, 0.25) is 0 Å². The fraction of sp³-hybridized carbons (Fsp3) is 0.440. The second-order valence-corrected chi connectivity index (χ2v) is 9.93. The predicted molar refractivity (Wildman–Crippen MR) is 121 cm³/mol. The highest BCUT2D eigenvalue weighted by atomic mass is 19.4. The number of methoxy groups -OCH3 is 1. The molecule has 9 heteroatoms. The molecule has 6 nitrogen and oxygen atoms in total. The van der Waals surface area contributed by atoms with Gasteiger partial charge in [-0.1, -0.05) is 12.1 Å². The summed E-state index contributed by atoms with van der Waals surface area (Å²) in [7, 11) is 1.53. The number of aromatic nitrogens is 3. The molecule has 1 N–H and O–H groups in total. The van der Waals surface area contributed by atoms with Gasteiger partial charge < -0.3 is 14.6 Å². The van der Waals surface area contributed by atoms with Gasteiger partial charge in [0, 0.05) is 19.0 Å². The van der Waals surface area contributed by atoms with Crippen molar-refractivity contribution < 1.29 is 27.8 Å². The van der Waals surface area contributed by atoms with Crippen molar-refractivity contribution in [1.82, 2.24) is 14.5 Å². The Hall–Kier alpha value is -2.91. The minimum absolute atomic E-state index is 0.303. The van der Waals surface area contributed by atoms with Gasteiger partial charge in [-0.2, -0.15) is 13.2 Å².